The predicted octanol–water partition coefficient (Wildman–Crippen LogP) is 0.752. The predicted molar refractivity (Wildman–Crippen MR) is 67.8 cm³/mol. The van der Waals surface area contributed by atoms with Crippen molar-refractivity contribution in [2.45, 2.75) is 46.2 Å². The highest BCUT2D eigenvalue weighted by Gasteiger charge is 2.27. The molecule has 102 valence electrons. The van der Waals surface area contributed by atoms with Crippen molar-refractivity contribution >= 4 is 5.91 Å². The fourth-order valence-corrected chi connectivity index (χ4v) is 1.68. The summed E-state index contributed by atoms with van der Waals surface area (Å²) in [5, 5.41) is 16.0. The Labute approximate surface area is 107 Å². The average Bonchev–Trinajstić information content (AvgIpc) is 2.79. The number of rotatable bonds is 5. The molecule has 1 aromatic rings. The number of hydrogen-bond donors (Lipinski definition) is 2. The van der Waals surface area contributed by atoms with Gasteiger partial charge in [0.15, 0.2) is 0 Å². The molecule has 0 bridgehead atoms. The fourth-order valence-electron chi connectivity index (χ4n) is 1.68. The molecular formula is C12H22N4O2. The molecule has 0 aromatic carbocycles. The maximum absolute atomic E-state index is 12.1. The van der Waals surface area contributed by atoms with Gasteiger partial charge >= 0.3 is 0 Å². The molecule has 1 amide bonds. The quantitative estimate of drug-likeness (QED) is 0.812. The van der Waals surface area contributed by atoms with Crippen LogP contribution in [0.25, 0.3) is 0 Å². The van der Waals surface area contributed by atoms with Crippen LogP contribution in [0, 0.1) is 5.41 Å². The molecule has 0 aliphatic heterocycles. The Balaban J connectivity index is 2.67. The van der Waals surface area contributed by atoms with Gasteiger partial charge in [-0.2, -0.15) is 5.10 Å². The Morgan fingerprint density at radius 1 is 1.50 bits per heavy atom. The molecule has 1 rings (SSSR count). The third kappa shape index (κ3) is 3.80. The lowest BCUT2D eigenvalue weighted by molar-refractivity contribution is -0.125. The zero-order valence-electron chi connectivity index (χ0n) is 11.4. The molecular weight excluding hydrogens is 232 g/mol. The summed E-state index contributed by atoms with van der Waals surface area (Å²) >= 11 is 0. The van der Waals surface area contributed by atoms with Crippen LogP contribution < -0.4 is 5.32 Å². The van der Waals surface area contributed by atoms with E-state index in [0.717, 1.165) is 0 Å². The first kappa shape index (κ1) is 14.6. The van der Waals surface area contributed by atoms with Crippen molar-refractivity contribution in [1.29, 1.82) is 0 Å². The van der Waals surface area contributed by atoms with Gasteiger partial charge in [-0.25, -0.2) is 9.67 Å². The van der Waals surface area contributed by atoms with E-state index in [0.29, 0.717) is 6.42 Å². The number of aliphatic hydroxyl groups excluding tert-OH is 1. The minimum atomic E-state index is -0.406. The van der Waals surface area contributed by atoms with Gasteiger partial charge in [-0.15, -0.1) is 0 Å². The molecule has 0 fully saturated rings. The largest absolute Gasteiger partial charge is 0.396 e. The normalized spacial score (nSPS) is 15.2. The van der Waals surface area contributed by atoms with Gasteiger partial charge in [-0.3, -0.25) is 4.79 Å². The van der Waals surface area contributed by atoms with E-state index in [1.807, 2.05) is 20.8 Å². The maximum atomic E-state index is 12.1. The van der Waals surface area contributed by atoms with E-state index in [-0.39, 0.29) is 24.0 Å². The summed E-state index contributed by atoms with van der Waals surface area (Å²) in [6, 6.07) is -0.475. The zero-order chi connectivity index (χ0) is 13.8. The monoisotopic (exact) mass is 254 g/mol. The van der Waals surface area contributed by atoms with Gasteiger partial charge in [0.25, 0.3) is 0 Å². The van der Waals surface area contributed by atoms with Gasteiger partial charge in [0.05, 0.1) is 0 Å². The van der Waals surface area contributed by atoms with E-state index < -0.39 is 6.04 Å². The van der Waals surface area contributed by atoms with E-state index in [1.54, 1.807) is 6.92 Å². The Kier molecular flexibility index (Phi) is 4.84. The van der Waals surface area contributed by atoms with Gasteiger partial charge in [-0.1, -0.05) is 20.8 Å². The van der Waals surface area contributed by atoms with Gasteiger partial charge in [0.1, 0.15) is 18.7 Å². The van der Waals surface area contributed by atoms with Gasteiger partial charge in [0, 0.05) is 12.6 Å². The molecule has 0 radical (unpaired) electrons. The number of nitrogens with one attached hydrogen (secondary N) is 1. The van der Waals surface area contributed by atoms with Crippen molar-refractivity contribution in [1.82, 2.24) is 20.1 Å². The van der Waals surface area contributed by atoms with Crippen LogP contribution in [-0.2, 0) is 4.79 Å². The van der Waals surface area contributed by atoms with Gasteiger partial charge in [-0.05, 0) is 18.8 Å². The highest BCUT2D eigenvalue weighted by molar-refractivity contribution is 5.80. The Morgan fingerprint density at radius 3 is 2.61 bits per heavy atom. The third-order valence-electron chi connectivity index (χ3n) is 2.99. The number of amides is 1. The van der Waals surface area contributed by atoms with E-state index in [9.17, 15) is 4.79 Å². The molecule has 0 aliphatic rings. The molecule has 0 aliphatic carbocycles. The van der Waals surface area contributed by atoms with Crippen LogP contribution in [0.4, 0.5) is 0 Å². The number of aromatic nitrogens is 3. The van der Waals surface area contributed by atoms with Crippen LogP contribution >= 0.6 is 0 Å². The van der Waals surface area contributed by atoms with Crippen LogP contribution in [0.3, 0.4) is 0 Å². The Bertz CT molecular complexity index is 370. The lowest BCUT2D eigenvalue weighted by atomic mass is 9.85. The topological polar surface area (TPSA) is 80.0 Å². The molecule has 2 atom stereocenters. The average molecular weight is 254 g/mol. The second-order valence-electron chi connectivity index (χ2n) is 5.49. The molecule has 1 heterocycles. The molecule has 1 aromatic heterocycles. The number of carbonyl (C=O) groups excluding carboxylic acids is 1. The lowest BCUT2D eigenvalue weighted by Gasteiger charge is -2.32. The highest BCUT2D eigenvalue weighted by atomic mass is 16.3. The summed E-state index contributed by atoms with van der Waals surface area (Å²) in [6.07, 6.45) is 3.46. The minimum Gasteiger partial charge on any atom is -0.396 e. The summed E-state index contributed by atoms with van der Waals surface area (Å²) < 4.78 is 1.51. The molecule has 2 unspecified atom stereocenters. The van der Waals surface area contributed by atoms with Crippen molar-refractivity contribution in [3.05, 3.63) is 12.7 Å². The van der Waals surface area contributed by atoms with Gasteiger partial charge in [0.2, 0.25) is 5.91 Å². The molecule has 2 N–H and O–H groups in total. The standard InChI is InChI=1S/C12H22N4O2/c1-9(16-8-13-7-14-16)11(18)15-10(5-6-17)12(2,3)4/h7-10,17H,5-6H2,1-4H3,(H,15,18). The summed E-state index contributed by atoms with van der Waals surface area (Å²) in [5.41, 5.74) is -0.0967. The molecule has 0 spiro atoms. The molecule has 6 nitrogen and oxygen atoms in total. The summed E-state index contributed by atoms with van der Waals surface area (Å²) in [5.74, 6) is -0.117. The van der Waals surface area contributed by atoms with Crippen LogP contribution in [-0.4, -0.2) is 38.4 Å². The zero-order valence-corrected chi connectivity index (χ0v) is 11.4. The molecule has 18 heavy (non-hydrogen) atoms. The Morgan fingerprint density at radius 2 is 2.17 bits per heavy atom. The minimum absolute atomic E-state index is 0.0555. The third-order valence-corrected chi connectivity index (χ3v) is 2.99. The summed E-state index contributed by atoms with van der Waals surface area (Å²) in [4.78, 5) is 15.9. The van der Waals surface area contributed by atoms with Gasteiger partial charge < -0.3 is 10.4 Å². The highest BCUT2D eigenvalue weighted by Crippen LogP contribution is 2.22. The van der Waals surface area contributed by atoms with Crippen LogP contribution in [0.1, 0.15) is 40.2 Å². The fraction of sp³-hybridized carbons (Fsp3) is 0.750. The van der Waals surface area contributed by atoms with E-state index in [1.165, 1.54) is 17.3 Å². The van der Waals surface area contributed by atoms with Crippen LogP contribution in [0.2, 0.25) is 0 Å². The van der Waals surface area contributed by atoms with E-state index in [4.69, 9.17) is 5.11 Å². The first-order valence-corrected chi connectivity index (χ1v) is 6.11. The van der Waals surface area contributed by atoms with Crippen molar-refractivity contribution in [3.8, 4) is 0 Å². The van der Waals surface area contributed by atoms with E-state index in [2.05, 4.69) is 15.4 Å². The van der Waals surface area contributed by atoms with Crippen LogP contribution in [0.15, 0.2) is 12.7 Å². The number of carbonyl (C=O) groups is 1. The first-order chi connectivity index (χ1) is 8.36. The second-order valence-corrected chi connectivity index (χ2v) is 5.49. The Hall–Kier alpha value is -1.43. The van der Waals surface area contributed by atoms with Crippen molar-refractivity contribution < 1.29 is 9.90 Å². The lowest BCUT2D eigenvalue weighted by Crippen LogP contribution is -2.46. The number of aliphatic hydroxyl groups is 1. The maximum Gasteiger partial charge on any atom is 0.244 e. The first-order valence-electron chi connectivity index (χ1n) is 6.11. The smallest absolute Gasteiger partial charge is 0.244 e. The molecule has 6 heteroatoms. The molecule has 0 saturated carbocycles. The second kappa shape index (κ2) is 5.95. The van der Waals surface area contributed by atoms with Crippen molar-refractivity contribution in [3.63, 3.8) is 0 Å². The SMILES string of the molecule is CC(C(=O)NC(CCO)C(C)(C)C)n1cncn1. The number of nitrogens with zero attached hydrogens (tertiary/aromatic N) is 3. The molecule has 0 saturated heterocycles. The van der Waals surface area contributed by atoms with E-state index >= 15 is 0 Å². The summed E-state index contributed by atoms with van der Waals surface area (Å²) in [7, 11) is 0. The summed E-state index contributed by atoms with van der Waals surface area (Å²) in [6.45, 7) is 7.93. The number of hydrogen-bond acceptors (Lipinski definition) is 4. The van der Waals surface area contributed by atoms with Crippen LogP contribution in [0.5, 0.6) is 0 Å². The van der Waals surface area contributed by atoms with Crippen molar-refractivity contribution in [2.75, 3.05) is 6.61 Å². The van der Waals surface area contributed by atoms with Crippen molar-refractivity contribution in [2.24, 2.45) is 5.41 Å².